The summed E-state index contributed by atoms with van der Waals surface area (Å²) in [4.78, 5) is 2.41. The SMILES string of the molecule is FP1N=PN=PN1. The van der Waals surface area contributed by atoms with Crippen molar-refractivity contribution in [1.82, 2.24) is 4.86 Å². The topological polar surface area (TPSA) is 36.8 Å². The molecule has 3 nitrogen and oxygen atoms in total. The van der Waals surface area contributed by atoms with Crippen LogP contribution in [0.2, 0.25) is 0 Å². The maximum Gasteiger partial charge on any atom is 0.296 e. The molecule has 38 valence electrons. The van der Waals surface area contributed by atoms with Crippen LogP contribution in [0.3, 0.4) is 0 Å². The predicted molar refractivity (Wildman–Crippen MR) is 29.9 cm³/mol. The summed E-state index contributed by atoms with van der Waals surface area (Å²) >= 11 is 0. The van der Waals surface area contributed by atoms with E-state index in [4.69, 9.17) is 0 Å². The molecule has 1 heterocycles. The normalized spacial score (nSPS) is 33.0. The number of nitrogens with zero attached hydrogens (tertiary/aromatic N) is 2. The van der Waals surface area contributed by atoms with Crippen LogP contribution in [-0.2, 0) is 0 Å². The maximum absolute atomic E-state index is 11.9. The summed E-state index contributed by atoms with van der Waals surface area (Å²) in [6, 6.07) is 0. The molecule has 0 aromatic carbocycles. The lowest BCUT2D eigenvalue weighted by molar-refractivity contribution is 0.883. The molecule has 1 aliphatic rings. The van der Waals surface area contributed by atoms with Gasteiger partial charge in [-0.1, -0.05) is 0 Å². The number of halogens is 1. The minimum Gasteiger partial charge on any atom is -0.186 e. The fourth-order valence-corrected chi connectivity index (χ4v) is 2.39. The summed E-state index contributed by atoms with van der Waals surface area (Å²) in [6.07, 6.45) is 0. The van der Waals surface area contributed by atoms with E-state index in [1.165, 1.54) is 0 Å². The monoisotopic (exact) mass is 155 g/mol. The van der Waals surface area contributed by atoms with E-state index in [2.05, 4.69) is 13.9 Å². The zero-order valence-electron chi connectivity index (χ0n) is 3.11. The number of hydrogen-bond donors (Lipinski definition) is 1. The highest BCUT2D eigenvalue weighted by molar-refractivity contribution is 7.63. The van der Waals surface area contributed by atoms with Crippen molar-refractivity contribution in [3.05, 3.63) is 0 Å². The van der Waals surface area contributed by atoms with Crippen LogP contribution < -0.4 is 4.86 Å². The Labute approximate surface area is 44.6 Å². The summed E-state index contributed by atoms with van der Waals surface area (Å²) in [5.41, 5.74) is 0. The second kappa shape index (κ2) is 2.74. The van der Waals surface area contributed by atoms with Gasteiger partial charge in [-0.3, -0.25) is 0 Å². The molecule has 1 aliphatic heterocycles. The van der Waals surface area contributed by atoms with Crippen molar-refractivity contribution < 1.29 is 4.20 Å². The molecular weight excluding hydrogens is 154 g/mol. The molecule has 0 spiro atoms. The highest BCUT2D eigenvalue weighted by Crippen LogP contribution is 2.43. The molecule has 0 saturated carbocycles. The third-order valence-corrected chi connectivity index (χ3v) is 2.97. The molecule has 7 heteroatoms. The van der Waals surface area contributed by atoms with Gasteiger partial charge in [-0.05, 0) is 0 Å². The number of hydrogen-bond acceptors (Lipinski definition) is 3. The predicted octanol–water partition coefficient (Wildman–Crippen LogP) is 2.88. The third kappa shape index (κ3) is 1.84. The van der Waals surface area contributed by atoms with Gasteiger partial charge in [-0.25, -0.2) is 0 Å². The van der Waals surface area contributed by atoms with Crippen LogP contribution in [0.4, 0.5) is 4.20 Å². The van der Waals surface area contributed by atoms with E-state index in [1.54, 1.807) is 0 Å². The number of rotatable bonds is 0. The summed E-state index contributed by atoms with van der Waals surface area (Å²) in [6.45, 7) is 0. The third-order valence-electron chi connectivity index (χ3n) is 0.330. The van der Waals surface area contributed by atoms with Crippen molar-refractivity contribution in [2.24, 2.45) is 9.03 Å². The first-order valence-electron chi connectivity index (χ1n) is 1.42. The lowest BCUT2D eigenvalue weighted by atomic mass is 13.8. The first-order chi connectivity index (χ1) is 3.39. The second-order valence-corrected chi connectivity index (χ2v) is 3.86. The summed E-state index contributed by atoms with van der Waals surface area (Å²) in [7, 11) is -0.598. The van der Waals surface area contributed by atoms with Crippen molar-refractivity contribution >= 4 is 25.6 Å². The summed E-state index contributed by atoms with van der Waals surface area (Å²) in [5, 5.41) is 0. The van der Waals surface area contributed by atoms with Crippen LogP contribution in [0.15, 0.2) is 9.03 Å². The Kier molecular flexibility index (Phi) is 2.21. The van der Waals surface area contributed by atoms with E-state index in [9.17, 15) is 4.20 Å². The van der Waals surface area contributed by atoms with Crippen LogP contribution in [0.5, 0.6) is 0 Å². The average molecular weight is 155 g/mol. The first kappa shape index (κ1) is 5.65. The Morgan fingerprint density at radius 3 is 2.86 bits per heavy atom. The van der Waals surface area contributed by atoms with Gasteiger partial charge in [-0.15, -0.1) is 0 Å². The highest BCUT2D eigenvalue weighted by atomic mass is 31.2. The molecule has 7 heavy (non-hydrogen) atoms. The van der Waals surface area contributed by atoms with Crippen molar-refractivity contribution in [2.45, 2.75) is 0 Å². The van der Waals surface area contributed by atoms with Crippen LogP contribution in [-0.4, -0.2) is 0 Å². The van der Waals surface area contributed by atoms with Crippen LogP contribution >= 0.6 is 25.6 Å². The molecule has 0 saturated heterocycles. The lowest BCUT2D eigenvalue weighted by Crippen LogP contribution is -1.79. The molecule has 1 rings (SSSR count). The van der Waals surface area contributed by atoms with E-state index in [0.717, 1.165) is 0 Å². The molecule has 0 bridgehead atoms. The molecule has 0 aliphatic carbocycles. The van der Waals surface area contributed by atoms with Gasteiger partial charge in [0.25, 0.3) is 8.53 Å². The fraction of sp³-hybridized carbons (Fsp3) is 0. The fourth-order valence-electron chi connectivity index (χ4n) is 0.150. The van der Waals surface area contributed by atoms with Crippen molar-refractivity contribution in [3.63, 3.8) is 0 Å². The smallest absolute Gasteiger partial charge is 0.186 e. The zero-order valence-corrected chi connectivity index (χ0v) is 5.80. The van der Waals surface area contributed by atoms with Crippen molar-refractivity contribution in [2.75, 3.05) is 0 Å². The zero-order chi connectivity index (χ0) is 5.11. The van der Waals surface area contributed by atoms with Gasteiger partial charge in [0.15, 0.2) is 8.52 Å². The van der Waals surface area contributed by atoms with E-state index in [-0.39, 0.29) is 0 Å². The standard InChI is InChI=1S/FHN3P3/c1-7-3-5-2-6-4-7/h(H,2,3,4). The van der Waals surface area contributed by atoms with E-state index in [0.29, 0.717) is 17.0 Å². The molecule has 0 aromatic rings. The molecule has 1 N–H and O–H groups in total. The van der Waals surface area contributed by atoms with Gasteiger partial charge in [0, 0.05) is 0 Å². The Balaban J connectivity index is 2.49. The quantitative estimate of drug-likeness (QED) is 0.536. The maximum atomic E-state index is 11.9. The summed E-state index contributed by atoms with van der Waals surface area (Å²) in [5.74, 6) is 0. The first-order valence-corrected chi connectivity index (χ1v) is 4.25. The van der Waals surface area contributed by atoms with Crippen LogP contribution in [0.25, 0.3) is 0 Å². The van der Waals surface area contributed by atoms with Gasteiger partial charge < -0.3 is 0 Å². The second-order valence-electron chi connectivity index (χ2n) is 0.728. The van der Waals surface area contributed by atoms with Crippen molar-refractivity contribution in [3.8, 4) is 0 Å². The van der Waals surface area contributed by atoms with Crippen molar-refractivity contribution in [1.29, 1.82) is 0 Å². The van der Waals surface area contributed by atoms with Gasteiger partial charge in [0.2, 0.25) is 0 Å². The van der Waals surface area contributed by atoms with Crippen LogP contribution in [0, 0.1) is 0 Å². The molecule has 1 unspecified atom stereocenters. The highest BCUT2D eigenvalue weighted by Gasteiger charge is 2.02. The lowest BCUT2D eigenvalue weighted by Gasteiger charge is -1.95. The molecular formula is HFN3P3. The minimum absolute atomic E-state index is 0.521. The Morgan fingerprint density at radius 1 is 1.71 bits per heavy atom. The van der Waals surface area contributed by atoms with Gasteiger partial charge in [0.1, 0.15) is 8.52 Å². The largest absolute Gasteiger partial charge is 0.296 e. The van der Waals surface area contributed by atoms with E-state index in [1.807, 2.05) is 0 Å². The van der Waals surface area contributed by atoms with Crippen LogP contribution in [0.1, 0.15) is 0 Å². The van der Waals surface area contributed by atoms with Gasteiger partial charge in [0.05, 0.1) is 0 Å². The molecule has 0 fully saturated rings. The Hall–Kier alpha value is 0.520. The molecule has 0 aromatic heterocycles. The average Bonchev–Trinajstić information content (AvgIpc) is 1.69. The molecule has 1 atom stereocenters. The summed E-state index contributed by atoms with van der Waals surface area (Å²) < 4.78 is 19.0. The Bertz CT molecular complexity index is 109. The van der Waals surface area contributed by atoms with Gasteiger partial charge >= 0.3 is 0 Å². The van der Waals surface area contributed by atoms with Gasteiger partial charge in [-0.2, -0.15) is 18.1 Å². The molecule has 0 radical (unpaired) electrons. The van der Waals surface area contributed by atoms with E-state index < -0.39 is 8.53 Å². The number of nitrogens with one attached hydrogen (secondary N) is 1. The molecule has 0 amide bonds. The van der Waals surface area contributed by atoms with E-state index >= 15 is 0 Å². The Morgan fingerprint density at radius 2 is 2.57 bits per heavy atom. The minimum atomic E-state index is -1.74.